The van der Waals surface area contributed by atoms with Crippen LogP contribution in [0.2, 0.25) is 0 Å². The largest absolute Gasteiger partial charge is 0.507 e. The van der Waals surface area contributed by atoms with Gasteiger partial charge in [-0.2, -0.15) is 0 Å². The van der Waals surface area contributed by atoms with Crippen molar-refractivity contribution in [3.63, 3.8) is 0 Å². The van der Waals surface area contributed by atoms with Gasteiger partial charge in [0, 0.05) is 33.4 Å². The van der Waals surface area contributed by atoms with Crippen molar-refractivity contribution in [3.05, 3.63) is 143 Å². The summed E-state index contributed by atoms with van der Waals surface area (Å²) in [6, 6.07) is 37.4. The third-order valence-electron chi connectivity index (χ3n) is 11.4. The average Bonchev–Trinajstić information content (AvgIpc) is 3.16. The van der Waals surface area contributed by atoms with Crippen LogP contribution in [-0.4, -0.2) is 23.4 Å². The third-order valence-corrected chi connectivity index (χ3v) is 11.4. The Balaban J connectivity index is 0.00000704. The quantitative estimate of drug-likeness (QED) is 0.143. The van der Waals surface area contributed by atoms with Gasteiger partial charge >= 0.3 is 0 Å². The summed E-state index contributed by atoms with van der Waals surface area (Å²) in [5, 5.41) is 24.0. The van der Waals surface area contributed by atoms with E-state index in [4.69, 9.17) is 9.47 Å². The van der Waals surface area contributed by atoms with Crippen LogP contribution in [0.1, 0.15) is 124 Å². The standard InChI is InChI=1S/C56H66O4.CH4/c1-35-25-45(37-29-39(53(3,4)5)33-40(30-37)54(6,7)8)51(57)47(27-35)43-19-15-17-21-49(43)59-23-24-60-50-22-18-16-20-44(50)48-28-36(2)26-46(52(48)58)38-31-41(55(9,10)11)34-42(32-38)56(12,13)14;/h15-22,25-34,57-58H,23-24H2,1-14H3;1H4. The van der Waals surface area contributed by atoms with E-state index in [9.17, 15) is 10.2 Å². The lowest BCUT2D eigenvalue weighted by Gasteiger charge is -2.27. The molecular formula is C57H70O4. The molecule has 0 radical (unpaired) electrons. The van der Waals surface area contributed by atoms with Gasteiger partial charge in [0.1, 0.15) is 36.2 Å². The first kappa shape index (κ1) is 46.6. The van der Waals surface area contributed by atoms with Crippen molar-refractivity contribution < 1.29 is 19.7 Å². The second kappa shape index (κ2) is 17.5. The van der Waals surface area contributed by atoms with Gasteiger partial charge in [-0.3, -0.25) is 0 Å². The number of aryl methyl sites for hydroxylation is 2. The van der Waals surface area contributed by atoms with Gasteiger partial charge in [-0.1, -0.05) is 163 Å². The molecule has 4 heteroatoms. The molecule has 61 heavy (non-hydrogen) atoms. The van der Waals surface area contributed by atoms with Gasteiger partial charge in [-0.15, -0.1) is 0 Å². The number of hydrogen-bond donors (Lipinski definition) is 2. The van der Waals surface area contributed by atoms with Crippen LogP contribution in [0.15, 0.2) is 109 Å². The van der Waals surface area contributed by atoms with E-state index in [1.807, 2.05) is 60.7 Å². The first-order valence-corrected chi connectivity index (χ1v) is 21.4. The van der Waals surface area contributed by atoms with Crippen molar-refractivity contribution in [2.45, 2.75) is 126 Å². The molecule has 0 saturated heterocycles. The van der Waals surface area contributed by atoms with Gasteiger partial charge in [0.05, 0.1) is 0 Å². The molecule has 0 bridgehead atoms. The van der Waals surface area contributed by atoms with Crippen LogP contribution < -0.4 is 9.47 Å². The summed E-state index contributed by atoms with van der Waals surface area (Å²) in [7, 11) is 0. The molecule has 0 saturated carbocycles. The molecule has 0 atom stereocenters. The van der Waals surface area contributed by atoms with Gasteiger partial charge in [0.25, 0.3) is 0 Å². The Labute approximate surface area is 367 Å². The summed E-state index contributed by atoms with van der Waals surface area (Å²) in [6.07, 6.45) is 0. The third kappa shape index (κ3) is 10.5. The van der Waals surface area contributed by atoms with Crippen LogP contribution in [0.3, 0.4) is 0 Å². The number of ether oxygens (including phenoxy) is 2. The number of aromatic hydroxyl groups is 2. The van der Waals surface area contributed by atoms with Crippen LogP contribution in [-0.2, 0) is 21.7 Å². The molecule has 0 unspecified atom stereocenters. The van der Waals surface area contributed by atoms with Gasteiger partial charge in [0.15, 0.2) is 0 Å². The lowest BCUT2D eigenvalue weighted by molar-refractivity contribution is 0.218. The normalized spacial score (nSPS) is 12.2. The van der Waals surface area contributed by atoms with Crippen molar-refractivity contribution >= 4 is 0 Å². The van der Waals surface area contributed by atoms with E-state index in [1.54, 1.807) is 0 Å². The maximum atomic E-state index is 12.0. The summed E-state index contributed by atoms with van der Waals surface area (Å²) >= 11 is 0. The number of hydrogen-bond acceptors (Lipinski definition) is 4. The zero-order chi connectivity index (χ0) is 43.9. The lowest BCUT2D eigenvalue weighted by atomic mass is 9.78. The van der Waals surface area contributed by atoms with Gasteiger partial charge in [-0.25, -0.2) is 0 Å². The highest BCUT2D eigenvalue weighted by Crippen LogP contribution is 2.46. The van der Waals surface area contributed by atoms with E-state index in [2.05, 4.69) is 145 Å². The molecule has 6 aromatic carbocycles. The minimum Gasteiger partial charge on any atom is -0.507 e. The molecule has 0 amide bonds. The fourth-order valence-corrected chi connectivity index (χ4v) is 7.64. The molecule has 2 N–H and O–H groups in total. The predicted molar refractivity (Wildman–Crippen MR) is 260 cm³/mol. The van der Waals surface area contributed by atoms with Crippen LogP contribution >= 0.6 is 0 Å². The number of phenols is 2. The molecule has 0 spiro atoms. The number of para-hydroxylation sites is 2. The van der Waals surface area contributed by atoms with Gasteiger partial charge < -0.3 is 19.7 Å². The highest BCUT2D eigenvalue weighted by Gasteiger charge is 2.25. The maximum absolute atomic E-state index is 12.0. The van der Waals surface area contributed by atoms with Crippen LogP contribution in [0, 0.1) is 13.8 Å². The fraction of sp³-hybridized carbons (Fsp3) is 0.368. The van der Waals surface area contributed by atoms with E-state index in [1.165, 1.54) is 22.3 Å². The molecule has 0 aromatic heterocycles. The lowest BCUT2D eigenvalue weighted by Crippen LogP contribution is -2.16. The minimum absolute atomic E-state index is 0. The molecule has 0 aliphatic carbocycles. The topological polar surface area (TPSA) is 58.9 Å². The number of benzene rings is 6. The van der Waals surface area contributed by atoms with Crippen molar-refractivity contribution in [3.8, 4) is 67.5 Å². The molecule has 0 aliphatic heterocycles. The van der Waals surface area contributed by atoms with E-state index < -0.39 is 0 Å². The Hall–Kier alpha value is -5.48. The zero-order valence-corrected chi connectivity index (χ0v) is 38.5. The summed E-state index contributed by atoms with van der Waals surface area (Å²) in [5.41, 5.74) is 13.5. The molecule has 6 aromatic rings. The molecule has 4 nitrogen and oxygen atoms in total. The van der Waals surface area contributed by atoms with Crippen molar-refractivity contribution in [1.29, 1.82) is 0 Å². The van der Waals surface area contributed by atoms with E-state index in [0.29, 0.717) is 11.5 Å². The Bertz CT molecular complexity index is 2270. The van der Waals surface area contributed by atoms with Crippen LogP contribution in [0.5, 0.6) is 23.0 Å². The SMILES string of the molecule is C.Cc1cc(-c2cc(C(C)(C)C)cc(C(C)(C)C)c2)c(O)c(-c2ccccc2OCCOc2ccccc2-c2cc(C)cc(-c3cc(C(C)(C)C)cc(C(C)(C)C)c3)c2O)c1. The van der Waals surface area contributed by atoms with Crippen molar-refractivity contribution in [2.24, 2.45) is 0 Å². The number of phenolic OH excluding ortho intramolecular Hbond substituents is 2. The van der Waals surface area contributed by atoms with Crippen LogP contribution in [0.4, 0.5) is 0 Å². The Morgan fingerprint density at radius 2 is 0.656 bits per heavy atom. The summed E-state index contributed by atoms with van der Waals surface area (Å²) < 4.78 is 12.9. The average molecular weight is 819 g/mol. The van der Waals surface area contributed by atoms with Crippen molar-refractivity contribution in [2.75, 3.05) is 13.2 Å². The molecule has 0 aliphatic rings. The molecule has 0 fully saturated rings. The van der Waals surface area contributed by atoms with Crippen LogP contribution in [0.25, 0.3) is 44.5 Å². The number of rotatable bonds is 9. The maximum Gasteiger partial charge on any atom is 0.131 e. The first-order valence-electron chi connectivity index (χ1n) is 21.4. The minimum atomic E-state index is -0.0558. The summed E-state index contributed by atoms with van der Waals surface area (Å²) in [6.45, 7) is 31.5. The highest BCUT2D eigenvalue weighted by molar-refractivity contribution is 5.87. The van der Waals surface area contributed by atoms with E-state index in [0.717, 1.165) is 55.6 Å². The first-order chi connectivity index (χ1) is 27.9. The smallest absolute Gasteiger partial charge is 0.131 e. The molecule has 6 rings (SSSR count). The zero-order valence-electron chi connectivity index (χ0n) is 38.5. The Morgan fingerprint density at radius 3 is 0.951 bits per heavy atom. The Kier molecular flexibility index (Phi) is 13.3. The van der Waals surface area contributed by atoms with Gasteiger partial charge in [0.2, 0.25) is 0 Å². The van der Waals surface area contributed by atoms with Gasteiger partial charge in [-0.05, 0) is 116 Å². The van der Waals surface area contributed by atoms with E-state index in [-0.39, 0.29) is 53.8 Å². The second-order valence-electron chi connectivity index (χ2n) is 20.7. The molecule has 0 heterocycles. The molecule has 322 valence electrons. The molecular weight excluding hydrogens is 749 g/mol. The summed E-state index contributed by atoms with van der Waals surface area (Å²) in [5.74, 6) is 1.77. The fourth-order valence-electron chi connectivity index (χ4n) is 7.64. The predicted octanol–water partition coefficient (Wildman–Crippen LogP) is 15.7. The second-order valence-corrected chi connectivity index (χ2v) is 20.7. The highest BCUT2D eigenvalue weighted by atomic mass is 16.5. The van der Waals surface area contributed by atoms with E-state index >= 15 is 0 Å². The van der Waals surface area contributed by atoms with Crippen molar-refractivity contribution in [1.82, 2.24) is 0 Å². The monoisotopic (exact) mass is 819 g/mol. The summed E-state index contributed by atoms with van der Waals surface area (Å²) in [4.78, 5) is 0. The Morgan fingerprint density at radius 1 is 0.377 bits per heavy atom.